The highest BCUT2D eigenvalue weighted by Gasteiger charge is 2.32. The van der Waals surface area contributed by atoms with Gasteiger partial charge in [0.15, 0.2) is 5.58 Å². The van der Waals surface area contributed by atoms with Gasteiger partial charge in [-0.05, 0) is 43.5 Å². The van der Waals surface area contributed by atoms with Crippen LogP contribution in [0.5, 0.6) is 5.75 Å². The molecule has 5 rings (SSSR count). The van der Waals surface area contributed by atoms with Crippen LogP contribution < -0.4 is 4.74 Å². The lowest BCUT2D eigenvalue weighted by Gasteiger charge is -2.23. The summed E-state index contributed by atoms with van der Waals surface area (Å²) in [4.78, 5) is 21.1. The predicted octanol–water partition coefficient (Wildman–Crippen LogP) is 3.46. The molecule has 7 heteroatoms. The van der Waals surface area contributed by atoms with Crippen molar-refractivity contribution in [1.29, 1.82) is 5.26 Å². The number of para-hydroxylation sites is 3. The van der Waals surface area contributed by atoms with Gasteiger partial charge in [0.25, 0.3) is 0 Å². The lowest BCUT2D eigenvalue weighted by atomic mass is 10.2. The van der Waals surface area contributed by atoms with Gasteiger partial charge in [0, 0.05) is 19.6 Å². The molecule has 0 radical (unpaired) electrons. The molecule has 31 heavy (non-hydrogen) atoms. The van der Waals surface area contributed by atoms with Crippen LogP contribution in [0.2, 0.25) is 0 Å². The number of aromatic nitrogens is 1. The van der Waals surface area contributed by atoms with Crippen molar-refractivity contribution in [3.63, 3.8) is 0 Å². The first kappa shape index (κ1) is 19.6. The number of carbonyl (C=O) groups excluding carboxylic acids is 1. The predicted molar refractivity (Wildman–Crippen MR) is 115 cm³/mol. The van der Waals surface area contributed by atoms with E-state index in [9.17, 15) is 10.1 Å². The van der Waals surface area contributed by atoms with Gasteiger partial charge >= 0.3 is 0 Å². The SMILES string of the molecule is N#C[C@@H]1CCCN1C(=O)CN1CC[C@H](Oc2ccccc2-c2nc3ccccc3o2)C1. The summed E-state index contributed by atoms with van der Waals surface area (Å²) >= 11 is 0. The van der Waals surface area contributed by atoms with E-state index in [1.54, 1.807) is 4.90 Å². The normalized spacial score (nSPS) is 21.5. The topological polar surface area (TPSA) is 82.6 Å². The number of benzene rings is 2. The lowest BCUT2D eigenvalue weighted by Crippen LogP contribution is -2.42. The second-order valence-corrected chi connectivity index (χ2v) is 8.12. The Kier molecular flexibility index (Phi) is 5.31. The maximum Gasteiger partial charge on any atom is 0.237 e. The van der Waals surface area contributed by atoms with Crippen LogP contribution in [0, 0.1) is 11.3 Å². The largest absolute Gasteiger partial charge is 0.488 e. The fourth-order valence-corrected chi connectivity index (χ4v) is 4.43. The van der Waals surface area contributed by atoms with Crippen molar-refractivity contribution >= 4 is 17.0 Å². The Bertz CT molecular complexity index is 1100. The quantitative estimate of drug-likeness (QED) is 0.633. The zero-order chi connectivity index (χ0) is 21.2. The number of nitrogens with zero attached hydrogens (tertiary/aromatic N) is 4. The van der Waals surface area contributed by atoms with Gasteiger partial charge in [0.05, 0.1) is 18.2 Å². The van der Waals surface area contributed by atoms with Gasteiger partial charge in [-0.2, -0.15) is 5.26 Å². The van der Waals surface area contributed by atoms with Crippen LogP contribution in [0.1, 0.15) is 19.3 Å². The number of oxazole rings is 1. The molecule has 2 fully saturated rings. The average molecular weight is 416 g/mol. The van der Waals surface area contributed by atoms with Crippen LogP contribution in [0.25, 0.3) is 22.6 Å². The van der Waals surface area contributed by atoms with E-state index < -0.39 is 0 Å². The molecule has 1 amide bonds. The number of ether oxygens (including phenoxy) is 1. The minimum Gasteiger partial charge on any atom is -0.488 e. The number of rotatable bonds is 5. The van der Waals surface area contributed by atoms with Crippen molar-refractivity contribution in [2.45, 2.75) is 31.4 Å². The highest BCUT2D eigenvalue weighted by Crippen LogP contribution is 2.33. The van der Waals surface area contributed by atoms with Gasteiger partial charge in [0.1, 0.15) is 23.4 Å². The van der Waals surface area contributed by atoms with E-state index in [1.165, 1.54) is 0 Å². The molecule has 0 aliphatic carbocycles. The van der Waals surface area contributed by atoms with Crippen LogP contribution in [-0.2, 0) is 4.79 Å². The maximum atomic E-state index is 12.6. The van der Waals surface area contributed by atoms with Crippen molar-refractivity contribution in [2.75, 3.05) is 26.2 Å². The number of likely N-dealkylation sites (tertiary alicyclic amines) is 2. The molecular weight excluding hydrogens is 392 g/mol. The fourth-order valence-electron chi connectivity index (χ4n) is 4.43. The second-order valence-electron chi connectivity index (χ2n) is 8.12. The smallest absolute Gasteiger partial charge is 0.237 e. The van der Waals surface area contributed by atoms with Gasteiger partial charge in [-0.15, -0.1) is 0 Å². The molecule has 0 N–H and O–H groups in total. The lowest BCUT2D eigenvalue weighted by molar-refractivity contribution is -0.132. The van der Waals surface area contributed by atoms with Gasteiger partial charge < -0.3 is 14.1 Å². The van der Waals surface area contributed by atoms with E-state index in [2.05, 4.69) is 16.0 Å². The first-order valence-corrected chi connectivity index (χ1v) is 10.7. The van der Waals surface area contributed by atoms with Crippen molar-refractivity contribution in [3.05, 3.63) is 48.5 Å². The van der Waals surface area contributed by atoms with Gasteiger partial charge in [-0.3, -0.25) is 9.69 Å². The summed E-state index contributed by atoms with van der Waals surface area (Å²) in [6, 6.07) is 17.4. The molecule has 0 unspecified atom stereocenters. The molecule has 158 valence electrons. The third-order valence-corrected chi connectivity index (χ3v) is 6.02. The van der Waals surface area contributed by atoms with Gasteiger partial charge in [-0.25, -0.2) is 4.98 Å². The summed E-state index contributed by atoms with van der Waals surface area (Å²) in [6.07, 6.45) is 2.52. The highest BCUT2D eigenvalue weighted by atomic mass is 16.5. The molecule has 7 nitrogen and oxygen atoms in total. The van der Waals surface area contributed by atoms with Crippen LogP contribution >= 0.6 is 0 Å². The number of hydrogen-bond acceptors (Lipinski definition) is 6. The van der Waals surface area contributed by atoms with Crippen LogP contribution in [0.4, 0.5) is 0 Å². The number of nitriles is 1. The number of hydrogen-bond donors (Lipinski definition) is 0. The zero-order valence-corrected chi connectivity index (χ0v) is 17.2. The van der Waals surface area contributed by atoms with Crippen LogP contribution in [0.3, 0.4) is 0 Å². The Hall–Kier alpha value is -3.37. The summed E-state index contributed by atoms with van der Waals surface area (Å²) in [5.41, 5.74) is 2.38. The zero-order valence-electron chi connectivity index (χ0n) is 17.2. The number of fused-ring (bicyclic) bond motifs is 1. The summed E-state index contributed by atoms with van der Waals surface area (Å²) in [5, 5.41) is 9.23. The van der Waals surface area contributed by atoms with Crippen molar-refractivity contribution < 1.29 is 13.9 Å². The Labute approximate surface area is 180 Å². The molecule has 2 aromatic carbocycles. The van der Waals surface area contributed by atoms with Crippen LogP contribution in [-0.4, -0.2) is 59.0 Å². The van der Waals surface area contributed by atoms with Gasteiger partial charge in [-0.1, -0.05) is 24.3 Å². The molecule has 0 spiro atoms. The maximum absolute atomic E-state index is 12.6. The standard InChI is InChI=1S/C24H24N4O3/c25-14-17-6-5-12-28(17)23(29)16-27-13-11-18(15-27)30-21-9-3-1-7-19(21)24-26-20-8-2-4-10-22(20)31-24/h1-4,7-10,17-18H,5-6,11-13,15-16H2/t17-,18-/m0/s1. The molecule has 2 atom stereocenters. The first-order valence-electron chi connectivity index (χ1n) is 10.7. The number of amides is 1. The summed E-state index contributed by atoms with van der Waals surface area (Å²) < 4.78 is 12.3. The number of carbonyl (C=O) groups is 1. The molecule has 0 saturated carbocycles. The molecule has 2 saturated heterocycles. The van der Waals surface area contributed by atoms with E-state index in [-0.39, 0.29) is 18.1 Å². The monoisotopic (exact) mass is 416 g/mol. The molecular formula is C24H24N4O3. The van der Waals surface area contributed by atoms with Crippen molar-refractivity contribution in [1.82, 2.24) is 14.8 Å². The Balaban J connectivity index is 1.25. The van der Waals surface area contributed by atoms with E-state index >= 15 is 0 Å². The molecule has 3 heterocycles. The summed E-state index contributed by atoms with van der Waals surface area (Å²) in [5.74, 6) is 1.31. The van der Waals surface area contributed by atoms with Gasteiger partial charge in [0.2, 0.25) is 11.8 Å². The third kappa shape index (κ3) is 3.99. The van der Waals surface area contributed by atoms with E-state index in [0.717, 1.165) is 48.2 Å². The van der Waals surface area contributed by atoms with E-state index in [1.807, 2.05) is 48.5 Å². The third-order valence-electron chi connectivity index (χ3n) is 6.02. The van der Waals surface area contributed by atoms with E-state index in [0.29, 0.717) is 25.5 Å². The molecule has 2 aliphatic rings. The summed E-state index contributed by atoms with van der Waals surface area (Å²) in [6.45, 7) is 2.50. The molecule has 1 aromatic heterocycles. The average Bonchev–Trinajstić information content (AvgIpc) is 3.53. The summed E-state index contributed by atoms with van der Waals surface area (Å²) in [7, 11) is 0. The molecule has 3 aromatic rings. The Morgan fingerprint density at radius 1 is 1.16 bits per heavy atom. The Morgan fingerprint density at radius 3 is 2.87 bits per heavy atom. The van der Waals surface area contributed by atoms with Crippen LogP contribution in [0.15, 0.2) is 52.9 Å². The molecule has 2 aliphatic heterocycles. The minimum absolute atomic E-state index is 0.0105. The first-order chi connectivity index (χ1) is 15.2. The van der Waals surface area contributed by atoms with Crippen molar-refractivity contribution in [2.24, 2.45) is 0 Å². The van der Waals surface area contributed by atoms with Crippen molar-refractivity contribution in [3.8, 4) is 23.3 Å². The highest BCUT2D eigenvalue weighted by molar-refractivity contribution is 5.79. The minimum atomic E-state index is -0.273. The van der Waals surface area contributed by atoms with E-state index in [4.69, 9.17) is 9.15 Å². The molecule has 0 bridgehead atoms. The fraction of sp³-hybridized carbons (Fsp3) is 0.375. The Morgan fingerprint density at radius 2 is 2.00 bits per heavy atom. The second kappa shape index (κ2) is 8.40.